The van der Waals surface area contributed by atoms with Gasteiger partial charge in [-0.3, -0.25) is 9.59 Å². The first-order valence-electron chi connectivity index (χ1n) is 7.63. The summed E-state index contributed by atoms with van der Waals surface area (Å²) in [5, 5.41) is 11.7. The Morgan fingerprint density at radius 2 is 2.05 bits per heavy atom. The molecule has 0 radical (unpaired) electrons. The van der Waals surface area contributed by atoms with E-state index in [1.165, 1.54) is 6.07 Å². The van der Waals surface area contributed by atoms with Crippen molar-refractivity contribution in [3.05, 3.63) is 34.7 Å². The van der Waals surface area contributed by atoms with Crippen molar-refractivity contribution in [2.75, 3.05) is 0 Å². The van der Waals surface area contributed by atoms with Crippen LogP contribution in [0.15, 0.2) is 29.2 Å². The van der Waals surface area contributed by atoms with E-state index in [0.29, 0.717) is 25.8 Å². The van der Waals surface area contributed by atoms with Gasteiger partial charge in [0.25, 0.3) is 0 Å². The fourth-order valence-electron chi connectivity index (χ4n) is 2.14. The van der Waals surface area contributed by atoms with Gasteiger partial charge in [0.1, 0.15) is 6.04 Å². The van der Waals surface area contributed by atoms with Crippen molar-refractivity contribution in [1.29, 1.82) is 0 Å². The monoisotopic (exact) mass is 308 g/mol. The number of aromatic nitrogens is 1. The number of carboxylic acid groups (broad SMARTS) is 1. The molecule has 2 N–H and O–H groups in total. The van der Waals surface area contributed by atoms with Gasteiger partial charge in [0.2, 0.25) is 11.5 Å². The average Bonchev–Trinajstić information content (AvgIpc) is 2.49. The van der Waals surface area contributed by atoms with E-state index in [1.54, 1.807) is 29.8 Å². The number of pyridine rings is 1. The number of rotatable bonds is 9. The summed E-state index contributed by atoms with van der Waals surface area (Å²) in [6.07, 6.45) is 3.97. The highest BCUT2D eigenvalue weighted by molar-refractivity contribution is 5.83. The molecular formula is C16H24N2O4. The molecule has 1 amide bonds. The smallest absolute Gasteiger partial charge is 0.326 e. The topological polar surface area (TPSA) is 88.4 Å². The summed E-state index contributed by atoms with van der Waals surface area (Å²) >= 11 is 0. The fraction of sp³-hybridized carbons (Fsp3) is 0.562. The number of unbranched alkanes of at least 4 members (excludes halogenated alkanes) is 1. The molecule has 1 aromatic heterocycles. The zero-order valence-electron chi connectivity index (χ0n) is 13.1. The lowest BCUT2D eigenvalue weighted by molar-refractivity contribution is -0.143. The summed E-state index contributed by atoms with van der Waals surface area (Å²) in [5.41, 5.74) is -0.0605. The summed E-state index contributed by atoms with van der Waals surface area (Å²) < 4.78 is 1.59. The summed E-state index contributed by atoms with van der Waals surface area (Å²) in [6, 6.07) is 4.13. The van der Waals surface area contributed by atoms with Gasteiger partial charge in [0.15, 0.2) is 0 Å². The number of aliphatic carboxylic acids is 1. The number of carboxylic acids is 1. The first-order chi connectivity index (χ1) is 10.5. The largest absolute Gasteiger partial charge is 0.480 e. The summed E-state index contributed by atoms with van der Waals surface area (Å²) in [4.78, 5) is 34.4. The molecule has 1 aromatic rings. The van der Waals surface area contributed by atoms with Crippen LogP contribution in [-0.2, 0) is 16.1 Å². The lowest BCUT2D eigenvalue weighted by atomic mass is 9.99. The predicted molar refractivity (Wildman–Crippen MR) is 83.6 cm³/mol. The van der Waals surface area contributed by atoms with Crippen LogP contribution in [-0.4, -0.2) is 27.6 Å². The molecule has 0 aliphatic rings. The van der Waals surface area contributed by atoms with Crippen LogP contribution in [0.2, 0.25) is 0 Å². The Morgan fingerprint density at radius 1 is 1.32 bits per heavy atom. The third-order valence-electron chi connectivity index (χ3n) is 3.75. The maximum absolute atomic E-state index is 11.8. The lowest BCUT2D eigenvalue weighted by Crippen LogP contribution is -2.44. The highest BCUT2D eigenvalue weighted by Gasteiger charge is 2.24. The van der Waals surface area contributed by atoms with E-state index in [0.717, 1.165) is 0 Å². The second-order valence-corrected chi connectivity index (χ2v) is 5.46. The van der Waals surface area contributed by atoms with Crippen LogP contribution in [0.3, 0.4) is 0 Å². The van der Waals surface area contributed by atoms with Crippen LogP contribution in [0, 0.1) is 5.92 Å². The number of hydrogen-bond donors (Lipinski definition) is 2. The SMILES string of the molecule is CCC(C)C(NC(=O)CCCCn1ccccc1=O)C(=O)O. The number of hydrogen-bond acceptors (Lipinski definition) is 3. The van der Waals surface area contributed by atoms with Gasteiger partial charge in [0, 0.05) is 25.2 Å². The zero-order chi connectivity index (χ0) is 16.5. The summed E-state index contributed by atoms with van der Waals surface area (Å²) in [7, 11) is 0. The summed E-state index contributed by atoms with van der Waals surface area (Å²) in [5.74, 6) is -1.36. The maximum Gasteiger partial charge on any atom is 0.326 e. The van der Waals surface area contributed by atoms with Crippen molar-refractivity contribution in [3.8, 4) is 0 Å². The molecule has 2 unspecified atom stereocenters. The quantitative estimate of drug-likeness (QED) is 0.679. The molecule has 0 saturated carbocycles. The van der Waals surface area contributed by atoms with E-state index < -0.39 is 12.0 Å². The minimum Gasteiger partial charge on any atom is -0.480 e. The van der Waals surface area contributed by atoms with E-state index >= 15 is 0 Å². The number of aryl methyl sites for hydroxylation is 1. The molecule has 1 heterocycles. The average molecular weight is 308 g/mol. The molecule has 0 fully saturated rings. The van der Waals surface area contributed by atoms with Crippen LogP contribution in [0.4, 0.5) is 0 Å². The van der Waals surface area contributed by atoms with Crippen LogP contribution in [0.1, 0.15) is 39.5 Å². The summed E-state index contributed by atoms with van der Waals surface area (Å²) in [6.45, 7) is 4.26. The molecule has 122 valence electrons. The Morgan fingerprint density at radius 3 is 2.64 bits per heavy atom. The molecule has 22 heavy (non-hydrogen) atoms. The highest BCUT2D eigenvalue weighted by atomic mass is 16.4. The molecule has 6 nitrogen and oxygen atoms in total. The molecule has 0 spiro atoms. The highest BCUT2D eigenvalue weighted by Crippen LogP contribution is 2.08. The molecule has 1 rings (SSSR count). The van der Waals surface area contributed by atoms with Crippen molar-refractivity contribution in [1.82, 2.24) is 9.88 Å². The van der Waals surface area contributed by atoms with Crippen LogP contribution < -0.4 is 10.9 Å². The minimum absolute atomic E-state index is 0.0605. The van der Waals surface area contributed by atoms with Gasteiger partial charge in [0.05, 0.1) is 0 Å². The molecule has 0 aromatic carbocycles. The zero-order valence-corrected chi connectivity index (χ0v) is 13.1. The van der Waals surface area contributed by atoms with Crippen LogP contribution in [0.25, 0.3) is 0 Å². The van der Waals surface area contributed by atoms with Gasteiger partial charge in [-0.25, -0.2) is 4.79 Å². The van der Waals surface area contributed by atoms with Gasteiger partial charge in [-0.1, -0.05) is 26.3 Å². The van der Waals surface area contributed by atoms with Crippen molar-refractivity contribution in [2.45, 2.75) is 52.1 Å². The van der Waals surface area contributed by atoms with E-state index in [9.17, 15) is 14.4 Å². The Hall–Kier alpha value is -2.11. The van der Waals surface area contributed by atoms with Gasteiger partial charge in [-0.05, 0) is 24.8 Å². The molecular weight excluding hydrogens is 284 g/mol. The second-order valence-electron chi connectivity index (χ2n) is 5.46. The molecule has 0 aliphatic heterocycles. The van der Waals surface area contributed by atoms with Crippen molar-refractivity contribution in [3.63, 3.8) is 0 Å². The first-order valence-corrected chi connectivity index (χ1v) is 7.63. The van der Waals surface area contributed by atoms with Crippen molar-refractivity contribution < 1.29 is 14.7 Å². The lowest BCUT2D eigenvalue weighted by Gasteiger charge is -2.20. The van der Waals surface area contributed by atoms with E-state index in [2.05, 4.69) is 5.32 Å². The standard InChI is InChI=1S/C16H24N2O4/c1-3-12(2)15(16(21)22)17-13(19)8-4-6-10-18-11-7-5-9-14(18)20/h5,7,9,11-12,15H,3-4,6,8,10H2,1-2H3,(H,17,19)(H,21,22). The van der Waals surface area contributed by atoms with Gasteiger partial charge < -0.3 is 15.0 Å². The molecule has 0 saturated heterocycles. The predicted octanol–water partition coefficient (Wildman–Crippen LogP) is 1.63. The Balaban J connectivity index is 2.35. The number of carbonyl (C=O) groups is 2. The van der Waals surface area contributed by atoms with Crippen molar-refractivity contribution >= 4 is 11.9 Å². The van der Waals surface area contributed by atoms with Gasteiger partial charge >= 0.3 is 5.97 Å². The molecule has 2 atom stereocenters. The fourth-order valence-corrected chi connectivity index (χ4v) is 2.14. The van der Waals surface area contributed by atoms with Gasteiger partial charge in [-0.2, -0.15) is 0 Å². The second kappa shape index (κ2) is 9.02. The van der Waals surface area contributed by atoms with Crippen LogP contribution >= 0.6 is 0 Å². The van der Waals surface area contributed by atoms with Crippen LogP contribution in [0.5, 0.6) is 0 Å². The number of amides is 1. The van der Waals surface area contributed by atoms with Gasteiger partial charge in [-0.15, -0.1) is 0 Å². The molecule has 6 heteroatoms. The van der Waals surface area contributed by atoms with E-state index in [4.69, 9.17) is 5.11 Å². The third-order valence-corrected chi connectivity index (χ3v) is 3.75. The number of nitrogens with zero attached hydrogens (tertiary/aromatic N) is 1. The Kier molecular flexibility index (Phi) is 7.36. The Bertz CT molecular complexity index is 553. The van der Waals surface area contributed by atoms with E-state index in [-0.39, 0.29) is 23.8 Å². The third kappa shape index (κ3) is 5.71. The Labute approximate surface area is 130 Å². The molecule has 0 bridgehead atoms. The first kappa shape index (κ1) is 17.9. The number of nitrogens with one attached hydrogen (secondary N) is 1. The molecule has 0 aliphatic carbocycles. The number of carbonyl (C=O) groups excluding carboxylic acids is 1. The minimum atomic E-state index is -1.00. The van der Waals surface area contributed by atoms with Crippen molar-refractivity contribution in [2.24, 2.45) is 5.92 Å². The normalized spacial score (nSPS) is 13.4. The maximum atomic E-state index is 11.8. The van der Waals surface area contributed by atoms with E-state index in [1.807, 2.05) is 6.92 Å².